The number of fused-ring (bicyclic) bond motifs is 1. The fourth-order valence-corrected chi connectivity index (χ4v) is 3.64. The third kappa shape index (κ3) is 2.59. The van der Waals surface area contributed by atoms with Gasteiger partial charge in [-0.25, -0.2) is 0 Å². The highest BCUT2D eigenvalue weighted by Gasteiger charge is 2.38. The predicted octanol–water partition coefficient (Wildman–Crippen LogP) is 6.01. The van der Waals surface area contributed by atoms with Gasteiger partial charge < -0.3 is 0 Å². The van der Waals surface area contributed by atoms with Crippen molar-refractivity contribution in [1.29, 1.82) is 0 Å². The molecule has 18 heavy (non-hydrogen) atoms. The molecule has 0 amide bonds. The highest BCUT2D eigenvalue weighted by Crippen LogP contribution is 2.46. The number of benzene rings is 1. The summed E-state index contributed by atoms with van der Waals surface area (Å²) in [7, 11) is 0. The van der Waals surface area contributed by atoms with E-state index >= 15 is 0 Å². The van der Waals surface area contributed by atoms with Crippen LogP contribution in [0.4, 0.5) is 0 Å². The van der Waals surface area contributed by atoms with Gasteiger partial charge in [-0.1, -0.05) is 58.4 Å². The summed E-state index contributed by atoms with van der Waals surface area (Å²) in [6.07, 6.45) is 4.97. The largest absolute Gasteiger partial charge is 0.0840 e. The van der Waals surface area contributed by atoms with Crippen molar-refractivity contribution < 1.29 is 0 Å². The van der Waals surface area contributed by atoms with Crippen LogP contribution in [0.3, 0.4) is 0 Å². The minimum absolute atomic E-state index is 0.360. The average Bonchev–Trinajstić information content (AvgIpc) is 2.40. The molecular weight excluding hydrogens is 240 g/mol. The Morgan fingerprint density at radius 2 is 1.94 bits per heavy atom. The van der Waals surface area contributed by atoms with Gasteiger partial charge in [0.1, 0.15) is 0 Å². The fourth-order valence-electron chi connectivity index (χ4n) is 3.37. The molecule has 0 radical (unpaired) electrons. The van der Waals surface area contributed by atoms with Crippen LogP contribution >= 0.6 is 11.6 Å². The van der Waals surface area contributed by atoms with E-state index in [9.17, 15) is 0 Å². The molecule has 1 aliphatic carbocycles. The van der Waals surface area contributed by atoms with Gasteiger partial charge in [0, 0.05) is 5.02 Å². The van der Waals surface area contributed by atoms with Crippen LogP contribution in [0.1, 0.15) is 65.0 Å². The average molecular weight is 267 g/mol. The molecule has 102 valence electrons. The third-order valence-electron chi connectivity index (χ3n) is 4.44. The Morgan fingerprint density at radius 3 is 2.50 bits per heavy atom. The lowest BCUT2D eigenvalue weighted by molar-refractivity contribution is 0.253. The van der Waals surface area contributed by atoms with Crippen LogP contribution in [0, 0.1) is 5.92 Å². The van der Waals surface area contributed by atoms with E-state index < -0.39 is 0 Å². The van der Waals surface area contributed by atoms with E-state index in [-0.39, 0.29) is 0 Å². The van der Waals surface area contributed by atoms with Crippen LogP contribution in [-0.4, -0.2) is 0 Å². The first kappa shape index (κ1) is 15.6. The molecule has 1 heteroatoms. The predicted molar refractivity (Wildman–Crippen MR) is 82.5 cm³/mol. The molecule has 0 N–H and O–H groups in total. The molecule has 0 heterocycles. The van der Waals surface area contributed by atoms with Gasteiger partial charge in [-0.15, -0.1) is 0 Å². The summed E-state index contributed by atoms with van der Waals surface area (Å²) in [5.74, 6) is 0.690. The second kappa shape index (κ2) is 6.61. The highest BCUT2D eigenvalue weighted by molar-refractivity contribution is 6.31. The van der Waals surface area contributed by atoms with Crippen molar-refractivity contribution in [3.8, 4) is 0 Å². The van der Waals surface area contributed by atoms with Crippen LogP contribution in [-0.2, 0) is 11.8 Å². The van der Waals surface area contributed by atoms with Gasteiger partial charge >= 0.3 is 0 Å². The van der Waals surface area contributed by atoms with Gasteiger partial charge in [0.25, 0.3) is 0 Å². The second-order valence-corrected chi connectivity index (χ2v) is 5.69. The standard InChI is InChI=1S/C15H21Cl.C2H6/c1-4-15(11(2)3)10-6-7-12-13(15)8-5-9-14(12)16;1-2/h5,8-9,11H,4,6-7,10H2,1-3H3;1-2H3. The quantitative estimate of drug-likeness (QED) is 0.615. The fraction of sp³-hybridized carbons (Fsp3) is 0.647. The zero-order chi connectivity index (χ0) is 13.8. The Labute approximate surface area is 118 Å². The van der Waals surface area contributed by atoms with Gasteiger partial charge in [-0.3, -0.25) is 0 Å². The molecule has 0 bridgehead atoms. The minimum Gasteiger partial charge on any atom is -0.0840 e. The molecule has 0 nitrogen and oxygen atoms in total. The topological polar surface area (TPSA) is 0 Å². The first-order valence-electron chi connectivity index (χ1n) is 7.39. The minimum atomic E-state index is 0.360. The van der Waals surface area contributed by atoms with Gasteiger partial charge in [-0.05, 0) is 54.2 Å². The van der Waals surface area contributed by atoms with E-state index in [1.54, 1.807) is 0 Å². The number of halogens is 1. The molecule has 0 aromatic heterocycles. The molecule has 1 aromatic carbocycles. The zero-order valence-corrected chi connectivity index (χ0v) is 13.3. The molecule has 0 saturated carbocycles. The van der Waals surface area contributed by atoms with Crippen molar-refractivity contribution in [3.05, 3.63) is 34.3 Å². The van der Waals surface area contributed by atoms with Crippen LogP contribution in [0.15, 0.2) is 18.2 Å². The number of hydrogen-bond donors (Lipinski definition) is 0. The molecule has 2 rings (SSSR count). The van der Waals surface area contributed by atoms with Crippen molar-refractivity contribution in [2.75, 3.05) is 0 Å². The van der Waals surface area contributed by atoms with Crippen molar-refractivity contribution in [2.45, 2.75) is 65.7 Å². The first-order valence-corrected chi connectivity index (χ1v) is 7.77. The molecule has 0 spiro atoms. The van der Waals surface area contributed by atoms with E-state index in [4.69, 9.17) is 11.6 Å². The van der Waals surface area contributed by atoms with Crippen LogP contribution in [0.5, 0.6) is 0 Å². The van der Waals surface area contributed by atoms with E-state index in [1.807, 2.05) is 19.9 Å². The van der Waals surface area contributed by atoms with Gasteiger partial charge in [0.15, 0.2) is 0 Å². The summed E-state index contributed by atoms with van der Waals surface area (Å²) in [6, 6.07) is 6.44. The van der Waals surface area contributed by atoms with Crippen molar-refractivity contribution in [1.82, 2.24) is 0 Å². The maximum atomic E-state index is 6.33. The molecule has 0 saturated heterocycles. The number of hydrogen-bond acceptors (Lipinski definition) is 0. The zero-order valence-electron chi connectivity index (χ0n) is 12.5. The van der Waals surface area contributed by atoms with E-state index in [2.05, 4.69) is 32.9 Å². The van der Waals surface area contributed by atoms with Crippen molar-refractivity contribution in [2.24, 2.45) is 5.92 Å². The maximum Gasteiger partial charge on any atom is 0.0440 e. The highest BCUT2D eigenvalue weighted by atomic mass is 35.5. The lowest BCUT2D eigenvalue weighted by Crippen LogP contribution is -2.35. The van der Waals surface area contributed by atoms with Crippen molar-refractivity contribution >= 4 is 11.6 Å². The molecule has 1 unspecified atom stereocenters. The molecule has 0 aliphatic heterocycles. The molecule has 1 atom stereocenters. The Bertz CT molecular complexity index is 381. The second-order valence-electron chi connectivity index (χ2n) is 5.28. The lowest BCUT2D eigenvalue weighted by atomic mass is 9.62. The molecule has 1 aromatic rings. The lowest BCUT2D eigenvalue weighted by Gasteiger charge is -2.42. The Morgan fingerprint density at radius 1 is 1.28 bits per heavy atom. The van der Waals surface area contributed by atoms with Crippen LogP contribution in [0.25, 0.3) is 0 Å². The summed E-state index contributed by atoms with van der Waals surface area (Å²) in [5, 5.41) is 0.968. The summed E-state index contributed by atoms with van der Waals surface area (Å²) in [5.41, 5.74) is 3.29. The normalized spacial score (nSPS) is 22.2. The summed E-state index contributed by atoms with van der Waals surface area (Å²) < 4.78 is 0. The van der Waals surface area contributed by atoms with Crippen LogP contribution < -0.4 is 0 Å². The monoisotopic (exact) mass is 266 g/mol. The van der Waals surface area contributed by atoms with E-state index in [0.717, 1.165) is 11.4 Å². The first-order chi connectivity index (χ1) is 8.62. The Balaban J connectivity index is 0.000000771. The molecule has 0 fully saturated rings. The van der Waals surface area contributed by atoms with E-state index in [0.29, 0.717) is 11.3 Å². The molecular formula is C17H27Cl. The van der Waals surface area contributed by atoms with Crippen LogP contribution in [0.2, 0.25) is 5.02 Å². The Kier molecular flexibility index (Phi) is 5.72. The Hall–Kier alpha value is -0.490. The van der Waals surface area contributed by atoms with Crippen molar-refractivity contribution in [3.63, 3.8) is 0 Å². The van der Waals surface area contributed by atoms with Gasteiger partial charge in [0.05, 0.1) is 0 Å². The smallest absolute Gasteiger partial charge is 0.0440 e. The summed E-state index contributed by atoms with van der Waals surface area (Å²) >= 11 is 6.33. The third-order valence-corrected chi connectivity index (χ3v) is 4.80. The summed E-state index contributed by atoms with van der Waals surface area (Å²) in [6.45, 7) is 11.0. The van der Waals surface area contributed by atoms with E-state index in [1.165, 1.54) is 30.4 Å². The molecule has 1 aliphatic rings. The summed E-state index contributed by atoms with van der Waals surface area (Å²) in [4.78, 5) is 0. The number of rotatable bonds is 2. The van der Waals surface area contributed by atoms with Gasteiger partial charge in [-0.2, -0.15) is 0 Å². The van der Waals surface area contributed by atoms with Gasteiger partial charge in [0.2, 0.25) is 0 Å². The maximum absolute atomic E-state index is 6.33. The SMILES string of the molecule is CC.CCC1(C(C)C)CCCc2c(Cl)cccc21.